The molecule has 1 N–H and O–H groups in total. The number of aliphatic imine (C=N–C) groups is 1. The van der Waals surface area contributed by atoms with Crippen LogP contribution in [0.2, 0.25) is 0 Å². The first-order valence-electron chi connectivity index (χ1n) is 9.38. The summed E-state index contributed by atoms with van der Waals surface area (Å²) in [5.41, 5.74) is 0. The van der Waals surface area contributed by atoms with Gasteiger partial charge in [-0.1, -0.05) is 19.1 Å². The van der Waals surface area contributed by atoms with Crippen molar-refractivity contribution in [2.45, 2.75) is 24.7 Å². The monoisotopic (exact) mass is 521 g/mol. The van der Waals surface area contributed by atoms with Gasteiger partial charge in [0.1, 0.15) is 5.75 Å². The number of halogens is 1. The van der Waals surface area contributed by atoms with Crippen molar-refractivity contribution in [3.8, 4) is 5.75 Å². The molecule has 0 aromatic heterocycles. The predicted molar refractivity (Wildman–Crippen MR) is 126 cm³/mol. The number of piperidine rings is 1. The summed E-state index contributed by atoms with van der Waals surface area (Å²) >= 11 is 1.81. The minimum Gasteiger partial charge on any atom is -0.496 e. The number of likely N-dealkylation sites (tertiary alicyclic amines) is 1. The van der Waals surface area contributed by atoms with Gasteiger partial charge in [-0.15, -0.1) is 35.7 Å². The number of para-hydroxylation sites is 1. The summed E-state index contributed by atoms with van der Waals surface area (Å²) < 4.78 is 10.3. The molecule has 0 saturated carbocycles. The van der Waals surface area contributed by atoms with Crippen LogP contribution in [0.4, 0.5) is 0 Å². The van der Waals surface area contributed by atoms with E-state index >= 15 is 0 Å². The quantitative estimate of drug-likeness (QED) is 0.195. The maximum atomic E-state index is 11.7. The van der Waals surface area contributed by atoms with Crippen molar-refractivity contribution in [1.29, 1.82) is 0 Å². The van der Waals surface area contributed by atoms with Gasteiger partial charge in [-0.25, -0.2) is 0 Å². The van der Waals surface area contributed by atoms with Crippen molar-refractivity contribution < 1.29 is 14.3 Å². The zero-order valence-corrected chi connectivity index (χ0v) is 20.3. The highest BCUT2D eigenvalue weighted by atomic mass is 127. The van der Waals surface area contributed by atoms with Crippen LogP contribution in [0.3, 0.4) is 0 Å². The Morgan fingerprint density at radius 1 is 1.32 bits per heavy atom. The molecule has 28 heavy (non-hydrogen) atoms. The highest BCUT2D eigenvalue weighted by Crippen LogP contribution is 2.29. The standard InChI is InChI=1S/C20H31N3O3S.HI/c1-15(14-27-18-8-6-5-7-17(18)25-3)13-22-20(21-2)23-11-9-16(10-12-23)19(24)26-4;/h5-8,15-16H,9-14H2,1-4H3,(H,21,22);1H. The number of hydrogen-bond donors (Lipinski definition) is 1. The molecule has 1 atom stereocenters. The Kier molecular flexibility index (Phi) is 11.7. The number of esters is 1. The van der Waals surface area contributed by atoms with Crippen molar-refractivity contribution in [2.75, 3.05) is 46.7 Å². The molecule has 1 aliphatic heterocycles. The fraction of sp³-hybridized carbons (Fsp3) is 0.600. The largest absolute Gasteiger partial charge is 0.496 e. The second-order valence-electron chi connectivity index (χ2n) is 6.78. The van der Waals surface area contributed by atoms with E-state index in [9.17, 15) is 4.79 Å². The summed E-state index contributed by atoms with van der Waals surface area (Å²) in [4.78, 5) is 19.5. The lowest BCUT2D eigenvalue weighted by Crippen LogP contribution is -2.47. The van der Waals surface area contributed by atoms with E-state index < -0.39 is 0 Å². The number of thioether (sulfide) groups is 1. The number of carbonyl (C=O) groups excluding carboxylic acids is 1. The van der Waals surface area contributed by atoms with Gasteiger partial charge in [0.05, 0.1) is 20.1 Å². The average Bonchev–Trinajstić information content (AvgIpc) is 2.72. The van der Waals surface area contributed by atoms with Gasteiger partial charge in [0, 0.05) is 37.3 Å². The van der Waals surface area contributed by atoms with Gasteiger partial charge >= 0.3 is 5.97 Å². The summed E-state index contributed by atoms with van der Waals surface area (Å²) in [6.07, 6.45) is 1.62. The summed E-state index contributed by atoms with van der Waals surface area (Å²) in [5, 5.41) is 3.48. The second kappa shape index (κ2) is 13.1. The number of rotatable bonds is 7. The van der Waals surface area contributed by atoms with Gasteiger partial charge in [0.25, 0.3) is 0 Å². The fourth-order valence-corrected chi connectivity index (χ4v) is 4.17. The number of benzene rings is 1. The molecule has 1 fully saturated rings. The Bertz CT molecular complexity index is 637. The first-order valence-corrected chi connectivity index (χ1v) is 10.4. The summed E-state index contributed by atoms with van der Waals surface area (Å²) in [6.45, 7) is 4.73. The molecule has 1 aromatic rings. The molecule has 0 bridgehead atoms. The van der Waals surface area contributed by atoms with Gasteiger partial charge in [0.2, 0.25) is 0 Å². The van der Waals surface area contributed by atoms with E-state index in [1.54, 1.807) is 7.11 Å². The molecule has 0 aliphatic carbocycles. The van der Waals surface area contributed by atoms with Crippen LogP contribution in [-0.2, 0) is 9.53 Å². The molecule has 158 valence electrons. The molecule has 1 heterocycles. The number of guanidine groups is 1. The Morgan fingerprint density at radius 2 is 2.00 bits per heavy atom. The molecule has 8 heteroatoms. The Hall–Kier alpha value is -1.16. The zero-order chi connectivity index (χ0) is 19.6. The normalized spacial score (nSPS) is 16.1. The average molecular weight is 521 g/mol. The maximum absolute atomic E-state index is 11.7. The molecule has 2 rings (SSSR count). The molecule has 1 saturated heterocycles. The van der Waals surface area contributed by atoms with Crippen LogP contribution in [0.15, 0.2) is 34.2 Å². The fourth-order valence-electron chi connectivity index (χ4n) is 3.12. The number of nitrogens with one attached hydrogen (secondary N) is 1. The van der Waals surface area contributed by atoms with E-state index in [1.165, 1.54) is 12.0 Å². The molecule has 1 aliphatic rings. The van der Waals surface area contributed by atoms with E-state index in [4.69, 9.17) is 9.47 Å². The second-order valence-corrected chi connectivity index (χ2v) is 7.84. The van der Waals surface area contributed by atoms with Crippen LogP contribution in [0, 0.1) is 11.8 Å². The topological polar surface area (TPSA) is 63.2 Å². The number of hydrogen-bond acceptors (Lipinski definition) is 5. The van der Waals surface area contributed by atoms with Crippen LogP contribution in [0.25, 0.3) is 0 Å². The van der Waals surface area contributed by atoms with E-state index in [2.05, 4.69) is 28.2 Å². The molecule has 0 spiro atoms. The number of ether oxygens (including phenoxy) is 2. The molecular formula is C20H32IN3O3S. The van der Waals surface area contributed by atoms with E-state index in [-0.39, 0.29) is 35.9 Å². The van der Waals surface area contributed by atoms with Crippen LogP contribution in [0.1, 0.15) is 19.8 Å². The number of methoxy groups -OCH3 is 2. The van der Waals surface area contributed by atoms with E-state index in [1.807, 2.05) is 37.0 Å². The van der Waals surface area contributed by atoms with Gasteiger partial charge in [-0.05, 0) is 30.9 Å². The maximum Gasteiger partial charge on any atom is 0.308 e. The van der Waals surface area contributed by atoms with Crippen molar-refractivity contribution in [2.24, 2.45) is 16.8 Å². The lowest BCUT2D eigenvalue weighted by molar-refractivity contribution is -0.146. The molecule has 0 amide bonds. The summed E-state index contributed by atoms with van der Waals surface area (Å²) in [5.74, 6) is 3.22. The number of nitrogens with zero attached hydrogens (tertiary/aromatic N) is 2. The highest BCUT2D eigenvalue weighted by Gasteiger charge is 2.27. The van der Waals surface area contributed by atoms with Gasteiger partial charge in [-0.3, -0.25) is 9.79 Å². The Balaban J connectivity index is 0.00000392. The first kappa shape index (κ1) is 24.9. The lowest BCUT2D eigenvalue weighted by atomic mass is 9.97. The Labute approximate surface area is 189 Å². The summed E-state index contributed by atoms with van der Waals surface area (Å²) in [6, 6.07) is 8.11. The molecular weight excluding hydrogens is 489 g/mol. The summed E-state index contributed by atoms with van der Waals surface area (Å²) in [7, 11) is 4.97. The van der Waals surface area contributed by atoms with Crippen molar-refractivity contribution in [3.05, 3.63) is 24.3 Å². The van der Waals surface area contributed by atoms with Crippen molar-refractivity contribution >= 4 is 47.7 Å². The third-order valence-corrected chi connectivity index (χ3v) is 6.13. The third-order valence-electron chi connectivity index (χ3n) is 4.74. The molecule has 6 nitrogen and oxygen atoms in total. The van der Waals surface area contributed by atoms with E-state index in [0.29, 0.717) is 5.92 Å². The van der Waals surface area contributed by atoms with Crippen LogP contribution in [0.5, 0.6) is 5.75 Å². The highest BCUT2D eigenvalue weighted by molar-refractivity contribution is 14.0. The molecule has 1 aromatic carbocycles. The van der Waals surface area contributed by atoms with Gasteiger partial charge < -0.3 is 19.7 Å². The number of carbonyl (C=O) groups is 1. The third kappa shape index (κ3) is 7.35. The SMILES string of the molecule is CN=C(NCC(C)CSc1ccccc1OC)N1CCC(C(=O)OC)CC1.I. The van der Waals surface area contributed by atoms with Crippen molar-refractivity contribution in [3.63, 3.8) is 0 Å². The van der Waals surface area contributed by atoms with E-state index in [0.717, 1.165) is 49.9 Å². The minimum atomic E-state index is -0.0976. The van der Waals surface area contributed by atoms with Crippen molar-refractivity contribution in [1.82, 2.24) is 10.2 Å². The van der Waals surface area contributed by atoms with Crippen LogP contribution < -0.4 is 10.1 Å². The van der Waals surface area contributed by atoms with Gasteiger partial charge in [0.15, 0.2) is 5.96 Å². The predicted octanol–water partition coefficient (Wildman–Crippen LogP) is 3.50. The smallest absolute Gasteiger partial charge is 0.308 e. The lowest BCUT2D eigenvalue weighted by Gasteiger charge is -2.33. The zero-order valence-electron chi connectivity index (χ0n) is 17.1. The molecule has 1 unspecified atom stereocenters. The van der Waals surface area contributed by atoms with Crippen LogP contribution in [-0.4, -0.2) is 63.5 Å². The Morgan fingerprint density at radius 3 is 2.61 bits per heavy atom. The first-order chi connectivity index (χ1) is 13.1. The molecule has 0 radical (unpaired) electrons. The van der Waals surface area contributed by atoms with Gasteiger partial charge in [-0.2, -0.15) is 0 Å². The van der Waals surface area contributed by atoms with Crippen LogP contribution >= 0.6 is 35.7 Å². The minimum absolute atomic E-state index is 0.